The van der Waals surface area contributed by atoms with Gasteiger partial charge in [-0.3, -0.25) is 14.9 Å². The molecule has 0 aromatic rings. The molecule has 7 fully saturated rings. The number of carbonyl (C=O) groups excluding carboxylic acids is 2. The van der Waals surface area contributed by atoms with Crippen LogP contribution in [0.3, 0.4) is 0 Å². The Balaban J connectivity index is 1.05. The summed E-state index contributed by atoms with van der Waals surface area (Å²) in [6.07, 6.45) is 5.28. The Morgan fingerprint density at radius 3 is 2.69 bits per heavy atom. The molecule has 0 aromatic carbocycles. The lowest BCUT2D eigenvalue weighted by atomic mass is 9.40. The van der Waals surface area contributed by atoms with E-state index in [9.17, 15) is 35.1 Å². The Kier molecular flexibility index (Phi) is 9.36. The third-order valence-electron chi connectivity index (χ3n) is 15.7. The van der Waals surface area contributed by atoms with Crippen LogP contribution in [0.25, 0.3) is 0 Å². The number of hydrogen-bond acceptors (Lipinski definition) is 11. The molecule has 4 saturated carbocycles. The molecule has 2 bridgehead atoms. The maximum absolute atomic E-state index is 14.1. The Morgan fingerprint density at radius 1 is 1.18 bits per heavy atom. The number of ether oxygens (including phenoxy) is 3. The number of fused-ring (bicyclic) bond motifs is 7. The molecule has 286 valence electrons. The van der Waals surface area contributed by atoms with Gasteiger partial charge in [0, 0.05) is 57.3 Å². The van der Waals surface area contributed by atoms with Gasteiger partial charge in [-0.05, 0) is 112 Å². The van der Waals surface area contributed by atoms with Crippen LogP contribution in [-0.2, 0) is 23.8 Å². The fourth-order valence-corrected chi connectivity index (χ4v) is 13.2. The largest absolute Gasteiger partial charge is 0.396 e. The summed E-state index contributed by atoms with van der Waals surface area (Å²) in [5, 5.41) is 62.5. The standard InChI is InChI=1S/C39H60N2O10/c1-36-10-7-22(50-15-5-14-49-3)16-25(36)28(43)18-26-30(36)21-6-4-9-38(19-21)29(8-11-39(26,38)48)37(2,47)33(44)31-24(20-42)23-17-27(35(46)41-12-13-41)40-34(45)32(23)51-31/h18,21-25,27,29-34,40,42,44-45,47-48H,4-17,19-20H2,1-3H3. The molecule has 51 heavy (non-hydrogen) atoms. The second kappa shape index (κ2) is 13.1. The number of ketones is 1. The Bertz CT molecular complexity index is 1400. The zero-order valence-corrected chi connectivity index (χ0v) is 30.5. The molecule has 1 amide bonds. The fourth-order valence-electron chi connectivity index (χ4n) is 13.2. The summed E-state index contributed by atoms with van der Waals surface area (Å²) in [4.78, 5) is 28.7. The molecule has 12 heteroatoms. The predicted molar refractivity (Wildman–Crippen MR) is 184 cm³/mol. The van der Waals surface area contributed by atoms with Gasteiger partial charge in [-0.25, -0.2) is 0 Å². The third-order valence-corrected chi connectivity index (χ3v) is 15.7. The van der Waals surface area contributed by atoms with Crippen LogP contribution in [0.15, 0.2) is 11.6 Å². The molecule has 5 aliphatic carbocycles. The van der Waals surface area contributed by atoms with Gasteiger partial charge in [0.05, 0.1) is 29.5 Å². The van der Waals surface area contributed by atoms with Gasteiger partial charge in [-0.15, -0.1) is 0 Å². The lowest BCUT2D eigenvalue weighted by molar-refractivity contribution is -0.219. The summed E-state index contributed by atoms with van der Waals surface area (Å²) in [5.41, 5.74) is -3.16. The van der Waals surface area contributed by atoms with Gasteiger partial charge >= 0.3 is 0 Å². The van der Waals surface area contributed by atoms with E-state index in [-0.39, 0.29) is 53.5 Å². The van der Waals surface area contributed by atoms with Crippen molar-refractivity contribution in [2.75, 3.05) is 40.0 Å². The number of amides is 1. The van der Waals surface area contributed by atoms with Crippen molar-refractivity contribution in [1.29, 1.82) is 0 Å². The molecule has 16 unspecified atom stereocenters. The minimum Gasteiger partial charge on any atom is -0.396 e. The van der Waals surface area contributed by atoms with Crippen LogP contribution in [0.1, 0.15) is 84.5 Å². The first kappa shape index (κ1) is 36.5. The molecule has 12 nitrogen and oxygen atoms in total. The molecule has 3 aliphatic heterocycles. The maximum atomic E-state index is 14.1. The van der Waals surface area contributed by atoms with Crippen molar-refractivity contribution >= 4 is 11.7 Å². The Hall–Kier alpha value is -1.48. The second-order valence-electron chi connectivity index (χ2n) is 18.1. The van der Waals surface area contributed by atoms with Crippen LogP contribution in [0.4, 0.5) is 0 Å². The van der Waals surface area contributed by atoms with Crippen LogP contribution in [0.5, 0.6) is 0 Å². The van der Waals surface area contributed by atoms with Gasteiger partial charge in [0.25, 0.3) is 0 Å². The lowest BCUT2D eigenvalue weighted by Crippen LogP contribution is -2.67. The second-order valence-corrected chi connectivity index (χ2v) is 18.1. The summed E-state index contributed by atoms with van der Waals surface area (Å²) in [7, 11) is 1.68. The first-order valence-corrected chi connectivity index (χ1v) is 19.8. The van der Waals surface area contributed by atoms with Crippen LogP contribution in [-0.4, -0.2) is 130 Å². The van der Waals surface area contributed by atoms with E-state index in [0.29, 0.717) is 58.4 Å². The molecular weight excluding hydrogens is 656 g/mol. The monoisotopic (exact) mass is 716 g/mol. The zero-order chi connectivity index (χ0) is 36.1. The van der Waals surface area contributed by atoms with Crippen LogP contribution in [0.2, 0.25) is 0 Å². The number of rotatable bonds is 10. The van der Waals surface area contributed by atoms with Crippen molar-refractivity contribution < 1.29 is 49.3 Å². The highest BCUT2D eigenvalue weighted by atomic mass is 16.5. The number of hydrogen-bond donors (Lipinski definition) is 6. The molecule has 16 atom stereocenters. The molecule has 0 aromatic heterocycles. The van der Waals surface area contributed by atoms with Crippen LogP contribution >= 0.6 is 0 Å². The number of aliphatic hydroxyl groups is 5. The minimum atomic E-state index is -1.71. The first-order chi connectivity index (χ1) is 24.3. The molecule has 8 aliphatic rings. The van der Waals surface area contributed by atoms with Gasteiger partial charge in [-0.2, -0.15) is 0 Å². The molecule has 3 heterocycles. The Morgan fingerprint density at radius 2 is 1.96 bits per heavy atom. The molecular formula is C39H60N2O10. The van der Waals surface area contributed by atoms with E-state index in [1.165, 1.54) is 0 Å². The maximum Gasteiger partial charge on any atom is 0.239 e. The highest BCUT2D eigenvalue weighted by Gasteiger charge is 2.73. The van der Waals surface area contributed by atoms with Crippen LogP contribution < -0.4 is 5.32 Å². The summed E-state index contributed by atoms with van der Waals surface area (Å²) in [6, 6.07) is -0.604. The average molecular weight is 717 g/mol. The van der Waals surface area contributed by atoms with Crippen molar-refractivity contribution in [3.05, 3.63) is 11.6 Å². The number of allylic oxidation sites excluding steroid dienone is 1. The SMILES string of the molecule is COCCCOC1CCC2(C)C(C1)C(=O)C=C1C2C2CCCC3(C2)C(C(C)(O)C(O)C2OC4C(O)NC(C(=O)N5CC5)CC4C2CO)CCC13O. The topological polar surface area (TPSA) is 178 Å². The number of nitrogens with zero attached hydrogens (tertiary/aromatic N) is 1. The van der Waals surface area contributed by atoms with E-state index in [1.54, 1.807) is 25.0 Å². The van der Waals surface area contributed by atoms with Gasteiger partial charge in [0.2, 0.25) is 5.91 Å². The van der Waals surface area contributed by atoms with E-state index in [4.69, 9.17) is 14.2 Å². The van der Waals surface area contributed by atoms with Gasteiger partial charge < -0.3 is 44.6 Å². The highest BCUT2D eigenvalue weighted by Crippen LogP contribution is 2.73. The highest BCUT2D eigenvalue weighted by molar-refractivity contribution is 5.95. The first-order valence-electron chi connectivity index (χ1n) is 19.8. The van der Waals surface area contributed by atoms with E-state index in [0.717, 1.165) is 44.1 Å². The van der Waals surface area contributed by atoms with E-state index >= 15 is 0 Å². The minimum absolute atomic E-state index is 0.0343. The van der Waals surface area contributed by atoms with Crippen molar-refractivity contribution in [1.82, 2.24) is 10.2 Å². The number of carbonyl (C=O) groups is 2. The van der Waals surface area contributed by atoms with Gasteiger partial charge in [0.15, 0.2) is 5.78 Å². The number of piperidine rings is 1. The van der Waals surface area contributed by atoms with Crippen LogP contribution in [0, 0.1) is 46.3 Å². The third kappa shape index (κ3) is 5.47. The summed E-state index contributed by atoms with van der Waals surface area (Å²) in [6.45, 7) is 6.23. The van der Waals surface area contributed by atoms with E-state index in [1.807, 2.05) is 0 Å². The molecule has 8 rings (SSSR count). The fraction of sp³-hybridized carbons (Fsp3) is 0.897. The quantitative estimate of drug-likeness (QED) is 0.142. The van der Waals surface area contributed by atoms with Crippen molar-refractivity contribution in [3.63, 3.8) is 0 Å². The average Bonchev–Trinajstić information content (AvgIpc) is 3.82. The number of nitrogens with one attached hydrogen (secondary N) is 1. The van der Waals surface area contributed by atoms with E-state index < -0.39 is 59.0 Å². The predicted octanol–water partition coefficient (Wildman–Crippen LogP) is 1.30. The van der Waals surface area contributed by atoms with E-state index in [2.05, 4.69) is 12.2 Å². The van der Waals surface area contributed by atoms with Crippen molar-refractivity contribution in [2.45, 2.75) is 132 Å². The summed E-state index contributed by atoms with van der Waals surface area (Å²) < 4.78 is 17.7. The van der Waals surface area contributed by atoms with Gasteiger partial charge in [0.1, 0.15) is 18.4 Å². The van der Waals surface area contributed by atoms with Crippen molar-refractivity contribution in [3.8, 4) is 0 Å². The normalized spacial score (nSPS) is 48.9. The number of methoxy groups -OCH3 is 1. The number of aliphatic hydroxyl groups excluding tert-OH is 3. The zero-order valence-electron chi connectivity index (χ0n) is 30.5. The summed E-state index contributed by atoms with van der Waals surface area (Å²) >= 11 is 0. The molecule has 1 spiro atoms. The Labute approximate surface area is 301 Å². The van der Waals surface area contributed by atoms with Gasteiger partial charge in [-0.1, -0.05) is 13.3 Å². The molecule has 0 radical (unpaired) electrons. The molecule has 6 N–H and O–H groups in total. The van der Waals surface area contributed by atoms with Crippen molar-refractivity contribution in [2.24, 2.45) is 46.3 Å². The smallest absolute Gasteiger partial charge is 0.239 e. The lowest BCUT2D eigenvalue weighted by Gasteiger charge is -2.65. The molecule has 3 saturated heterocycles. The summed E-state index contributed by atoms with van der Waals surface area (Å²) in [5.74, 6) is -1.33.